The molecule has 0 spiro atoms. The lowest BCUT2D eigenvalue weighted by atomic mass is 10.2. The molecule has 92 valence electrons. The van der Waals surface area contributed by atoms with Gasteiger partial charge in [-0.2, -0.15) is 15.0 Å². The van der Waals surface area contributed by atoms with Crippen molar-refractivity contribution in [3.63, 3.8) is 0 Å². The molecule has 1 amide bonds. The van der Waals surface area contributed by atoms with Gasteiger partial charge in [0.25, 0.3) is 0 Å². The summed E-state index contributed by atoms with van der Waals surface area (Å²) in [7, 11) is 0. The third kappa shape index (κ3) is 3.27. The van der Waals surface area contributed by atoms with Crippen LogP contribution in [0.2, 0.25) is 0 Å². The van der Waals surface area contributed by atoms with Crippen LogP contribution in [0.1, 0.15) is 26.7 Å². The molecule has 0 saturated heterocycles. The topological polar surface area (TPSA) is 106 Å². The Morgan fingerprint density at radius 2 is 1.94 bits per heavy atom. The molecular weight excluding hydrogens is 220 g/mol. The number of hydrogen-bond donors (Lipinski definition) is 3. The van der Waals surface area contributed by atoms with Crippen molar-refractivity contribution in [3.8, 4) is 0 Å². The second-order valence-corrected chi connectivity index (χ2v) is 4.40. The van der Waals surface area contributed by atoms with Crippen molar-refractivity contribution in [2.75, 3.05) is 16.4 Å². The number of nitrogens with one attached hydrogen (secondary N) is 2. The fourth-order valence-electron chi connectivity index (χ4n) is 1.18. The summed E-state index contributed by atoms with van der Waals surface area (Å²) < 4.78 is 0. The lowest BCUT2D eigenvalue weighted by molar-refractivity contribution is -0.118. The fraction of sp³-hybridized carbons (Fsp3) is 0.600. The Morgan fingerprint density at radius 3 is 2.53 bits per heavy atom. The first-order chi connectivity index (χ1) is 8.04. The number of hydrogen-bond acceptors (Lipinski definition) is 6. The summed E-state index contributed by atoms with van der Waals surface area (Å²) in [4.78, 5) is 23.4. The number of anilines is 3. The smallest absolute Gasteiger partial charge is 0.236 e. The van der Waals surface area contributed by atoms with E-state index in [4.69, 9.17) is 5.73 Å². The van der Waals surface area contributed by atoms with Gasteiger partial charge in [-0.3, -0.25) is 10.1 Å². The Bertz CT molecular complexity index is 429. The van der Waals surface area contributed by atoms with Crippen LogP contribution in [0.5, 0.6) is 0 Å². The molecule has 1 aromatic rings. The van der Waals surface area contributed by atoms with Gasteiger partial charge < -0.3 is 11.1 Å². The molecule has 7 heteroatoms. The van der Waals surface area contributed by atoms with Crippen molar-refractivity contribution in [1.82, 2.24) is 15.0 Å². The molecule has 0 radical (unpaired) electrons. The van der Waals surface area contributed by atoms with Gasteiger partial charge in [0.15, 0.2) is 0 Å². The summed E-state index contributed by atoms with van der Waals surface area (Å²) >= 11 is 0. The Morgan fingerprint density at radius 1 is 1.29 bits per heavy atom. The molecule has 0 atom stereocenters. The monoisotopic (exact) mass is 236 g/mol. The average molecular weight is 236 g/mol. The van der Waals surface area contributed by atoms with Gasteiger partial charge in [-0.1, -0.05) is 13.8 Å². The van der Waals surface area contributed by atoms with E-state index in [-0.39, 0.29) is 23.7 Å². The van der Waals surface area contributed by atoms with Gasteiger partial charge in [0.1, 0.15) is 0 Å². The summed E-state index contributed by atoms with van der Waals surface area (Å²) in [5, 5.41) is 5.70. The lowest BCUT2D eigenvalue weighted by Crippen LogP contribution is -2.21. The SMILES string of the molecule is CC(C)C(=O)Nc1nc(N)nc(NC2CC2)n1. The second-order valence-electron chi connectivity index (χ2n) is 4.40. The third-order valence-electron chi connectivity index (χ3n) is 2.32. The van der Waals surface area contributed by atoms with E-state index in [1.807, 2.05) is 0 Å². The summed E-state index contributed by atoms with van der Waals surface area (Å²) in [5.41, 5.74) is 5.55. The molecule has 0 aromatic carbocycles. The number of rotatable bonds is 4. The Balaban J connectivity index is 2.10. The van der Waals surface area contributed by atoms with Crippen LogP contribution in [-0.2, 0) is 4.79 Å². The maximum absolute atomic E-state index is 11.5. The van der Waals surface area contributed by atoms with Crippen LogP contribution < -0.4 is 16.4 Å². The molecule has 0 aliphatic heterocycles. The first-order valence-electron chi connectivity index (χ1n) is 5.63. The molecule has 1 aliphatic carbocycles. The minimum atomic E-state index is -0.145. The number of nitrogen functional groups attached to an aromatic ring is 1. The molecule has 2 rings (SSSR count). The highest BCUT2D eigenvalue weighted by molar-refractivity contribution is 5.90. The molecule has 4 N–H and O–H groups in total. The van der Waals surface area contributed by atoms with Crippen LogP contribution in [0.15, 0.2) is 0 Å². The summed E-state index contributed by atoms with van der Waals surface area (Å²) in [6, 6.07) is 0.422. The summed E-state index contributed by atoms with van der Waals surface area (Å²) in [5.74, 6) is 0.432. The zero-order valence-corrected chi connectivity index (χ0v) is 9.90. The van der Waals surface area contributed by atoms with Gasteiger partial charge in [0, 0.05) is 12.0 Å². The van der Waals surface area contributed by atoms with Crippen molar-refractivity contribution < 1.29 is 4.79 Å². The fourth-order valence-corrected chi connectivity index (χ4v) is 1.18. The molecule has 1 aliphatic rings. The average Bonchev–Trinajstić information content (AvgIpc) is 3.00. The van der Waals surface area contributed by atoms with E-state index in [2.05, 4.69) is 25.6 Å². The minimum Gasteiger partial charge on any atom is -0.368 e. The number of carbonyl (C=O) groups excluding carboxylic acids is 1. The van der Waals surface area contributed by atoms with Crippen molar-refractivity contribution in [2.24, 2.45) is 5.92 Å². The van der Waals surface area contributed by atoms with Crippen LogP contribution in [0.25, 0.3) is 0 Å². The van der Waals surface area contributed by atoms with Gasteiger partial charge in [0.05, 0.1) is 0 Å². The van der Waals surface area contributed by atoms with E-state index in [0.29, 0.717) is 12.0 Å². The van der Waals surface area contributed by atoms with E-state index in [1.54, 1.807) is 13.8 Å². The van der Waals surface area contributed by atoms with Crippen LogP contribution in [0.4, 0.5) is 17.8 Å². The van der Waals surface area contributed by atoms with E-state index in [9.17, 15) is 4.79 Å². The zero-order chi connectivity index (χ0) is 12.4. The van der Waals surface area contributed by atoms with Gasteiger partial charge in [-0.25, -0.2) is 0 Å². The third-order valence-corrected chi connectivity index (χ3v) is 2.32. The highest BCUT2D eigenvalue weighted by atomic mass is 16.2. The number of nitrogens with zero attached hydrogens (tertiary/aromatic N) is 3. The van der Waals surface area contributed by atoms with E-state index >= 15 is 0 Å². The predicted octanol–water partition coefficient (Wildman–Crippen LogP) is 0.623. The van der Waals surface area contributed by atoms with Gasteiger partial charge in [-0.15, -0.1) is 0 Å². The largest absolute Gasteiger partial charge is 0.368 e. The Hall–Kier alpha value is -1.92. The summed E-state index contributed by atoms with van der Waals surface area (Å²) in [6.07, 6.45) is 2.22. The molecule has 1 saturated carbocycles. The predicted molar refractivity (Wildman–Crippen MR) is 64.4 cm³/mol. The van der Waals surface area contributed by atoms with Crippen LogP contribution in [-0.4, -0.2) is 26.9 Å². The van der Waals surface area contributed by atoms with Gasteiger partial charge in [-0.05, 0) is 12.8 Å². The first-order valence-corrected chi connectivity index (χ1v) is 5.63. The summed E-state index contributed by atoms with van der Waals surface area (Å²) in [6.45, 7) is 3.59. The van der Waals surface area contributed by atoms with Crippen molar-refractivity contribution in [1.29, 1.82) is 0 Å². The van der Waals surface area contributed by atoms with Crippen LogP contribution >= 0.6 is 0 Å². The first kappa shape index (κ1) is 11.6. The quantitative estimate of drug-likeness (QED) is 0.707. The number of amides is 1. The zero-order valence-electron chi connectivity index (χ0n) is 9.90. The Kier molecular flexibility index (Phi) is 3.08. The molecule has 0 bridgehead atoms. The standard InChI is InChI=1S/C10H16N6O/c1-5(2)7(17)13-10-15-8(11)14-9(16-10)12-6-3-4-6/h5-6H,3-4H2,1-2H3,(H4,11,12,13,14,15,16,17). The number of aromatic nitrogens is 3. The lowest BCUT2D eigenvalue weighted by Gasteiger charge is -2.08. The maximum Gasteiger partial charge on any atom is 0.236 e. The normalized spacial score (nSPS) is 14.8. The van der Waals surface area contributed by atoms with E-state index in [1.165, 1.54) is 0 Å². The van der Waals surface area contributed by atoms with Crippen molar-refractivity contribution in [2.45, 2.75) is 32.7 Å². The van der Waals surface area contributed by atoms with Crippen molar-refractivity contribution in [3.05, 3.63) is 0 Å². The molecule has 1 fully saturated rings. The highest BCUT2D eigenvalue weighted by Gasteiger charge is 2.22. The van der Waals surface area contributed by atoms with Gasteiger partial charge >= 0.3 is 0 Å². The molecule has 1 heterocycles. The molecule has 17 heavy (non-hydrogen) atoms. The molecular formula is C10H16N6O. The van der Waals surface area contributed by atoms with Crippen LogP contribution in [0, 0.1) is 5.92 Å². The van der Waals surface area contributed by atoms with Crippen molar-refractivity contribution >= 4 is 23.8 Å². The molecule has 0 unspecified atom stereocenters. The Labute approximate surface area is 99.2 Å². The van der Waals surface area contributed by atoms with E-state index in [0.717, 1.165) is 12.8 Å². The molecule has 1 aromatic heterocycles. The number of carbonyl (C=O) groups is 1. The highest BCUT2D eigenvalue weighted by Crippen LogP contribution is 2.23. The molecule has 7 nitrogen and oxygen atoms in total. The van der Waals surface area contributed by atoms with Crippen LogP contribution in [0.3, 0.4) is 0 Å². The maximum atomic E-state index is 11.5. The number of nitrogens with two attached hydrogens (primary N) is 1. The van der Waals surface area contributed by atoms with E-state index < -0.39 is 0 Å². The second kappa shape index (κ2) is 4.52. The minimum absolute atomic E-state index is 0.0993. The van der Waals surface area contributed by atoms with Gasteiger partial charge in [0.2, 0.25) is 23.8 Å².